The number of nitrogens with zero attached hydrogens (tertiary/aromatic N) is 1. The van der Waals surface area contributed by atoms with Crippen LogP contribution in [0, 0.1) is 5.92 Å². The van der Waals surface area contributed by atoms with Gasteiger partial charge >= 0.3 is 0 Å². The molecule has 1 aromatic carbocycles. The average Bonchev–Trinajstić information content (AvgIpc) is 2.49. The van der Waals surface area contributed by atoms with Crippen LogP contribution in [0.15, 0.2) is 35.4 Å². The van der Waals surface area contributed by atoms with Gasteiger partial charge in [0.05, 0.1) is 6.21 Å². The zero-order valence-electron chi connectivity index (χ0n) is 14.0. The van der Waals surface area contributed by atoms with Crippen LogP contribution in [0.4, 0.5) is 0 Å². The SMILES string of the molecule is CC.CC(C)C.O=C(CC(=O)N/N=C/c1ccccc1)NO. The third-order valence-electron chi connectivity index (χ3n) is 1.65. The largest absolute Gasteiger partial charge is 0.289 e. The summed E-state index contributed by atoms with van der Waals surface area (Å²) in [5.41, 5.74) is 4.34. The summed E-state index contributed by atoms with van der Waals surface area (Å²) in [6, 6.07) is 9.17. The quantitative estimate of drug-likeness (QED) is 0.346. The molecule has 3 N–H and O–H groups in total. The third kappa shape index (κ3) is 15.8. The van der Waals surface area contributed by atoms with Gasteiger partial charge in [-0.15, -0.1) is 0 Å². The molecule has 0 saturated carbocycles. The molecule has 1 rings (SSSR count). The van der Waals surface area contributed by atoms with E-state index in [1.165, 1.54) is 11.7 Å². The van der Waals surface area contributed by atoms with Gasteiger partial charge in [-0.3, -0.25) is 14.8 Å². The van der Waals surface area contributed by atoms with Gasteiger partial charge in [0.1, 0.15) is 6.42 Å². The first-order valence-electron chi connectivity index (χ1n) is 7.25. The molecule has 0 heterocycles. The lowest BCUT2D eigenvalue weighted by Crippen LogP contribution is -2.27. The van der Waals surface area contributed by atoms with Crippen LogP contribution < -0.4 is 10.9 Å². The van der Waals surface area contributed by atoms with E-state index in [2.05, 4.69) is 31.3 Å². The van der Waals surface area contributed by atoms with Crippen molar-refractivity contribution >= 4 is 18.0 Å². The fourth-order valence-electron chi connectivity index (χ4n) is 0.943. The summed E-state index contributed by atoms with van der Waals surface area (Å²) in [7, 11) is 0. The first-order valence-corrected chi connectivity index (χ1v) is 7.25. The summed E-state index contributed by atoms with van der Waals surface area (Å²) in [5, 5.41) is 11.8. The molecule has 0 bridgehead atoms. The number of hydrazone groups is 1. The predicted molar refractivity (Wildman–Crippen MR) is 88.6 cm³/mol. The lowest BCUT2D eigenvalue weighted by molar-refractivity contribution is -0.134. The average molecular weight is 309 g/mol. The molecule has 0 spiro atoms. The normalized spacial score (nSPS) is 9.23. The molecule has 6 nitrogen and oxygen atoms in total. The Balaban J connectivity index is 0. The minimum atomic E-state index is -0.785. The number of hydrogen-bond donors (Lipinski definition) is 3. The minimum absolute atomic E-state index is 0.470. The van der Waals surface area contributed by atoms with Gasteiger partial charge in [-0.25, -0.2) is 10.9 Å². The molecule has 0 aliphatic carbocycles. The summed E-state index contributed by atoms with van der Waals surface area (Å²) in [5.74, 6) is -0.550. The number of rotatable bonds is 4. The van der Waals surface area contributed by atoms with E-state index in [0.717, 1.165) is 11.5 Å². The van der Waals surface area contributed by atoms with Crippen molar-refractivity contribution in [2.75, 3.05) is 0 Å². The van der Waals surface area contributed by atoms with Gasteiger partial charge in [0, 0.05) is 0 Å². The van der Waals surface area contributed by atoms with Crippen LogP contribution in [0.3, 0.4) is 0 Å². The van der Waals surface area contributed by atoms with Gasteiger partial charge in [0.2, 0.25) is 5.91 Å². The molecule has 6 heteroatoms. The Hall–Kier alpha value is -2.21. The maximum Gasteiger partial charge on any atom is 0.252 e. The monoisotopic (exact) mass is 309 g/mol. The summed E-state index contributed by atoms with van der Waals surface area (Å²) >= 11 is 0. The molecule has 0 saturated heterocycles. The third-order valence-corrected chi connectivity index (χ3v) is 1.65. The Morgan fingerprint density at radius 2 is 1.64 bits per heavy atom. The van der Waals surface area contributed by atoms with E-state index in [0.29, 0.717) is 0 Å². The zero-order valence-corrected chi connectivity index (χ0v) is 14.0. The summed E-state index contributed by atoms with van der Waals surface area (Å²) in [6.45, 7) is 10.5. The van der Waals surface area contributed by atoms with Gasteiger partial charge in [-0.05, 0) is 11.5 Å². The Labute approximate surface area is 132 Å². The van der Waals surface area contributed by atoms with Crippen LogP contribution in [0.5, 0.6) is 0 Å². The highest BCUT2D eigenvalue weighted by Gasteiger charge is 2.06. The van der Waals surface area contributed by atoms with Gasteiger partial charge in [0.15, 0.2) is 0 Å². The molecular formula is C16H27N3O3. The molecule has 1 aromatic rings. The van der Waals surface area contributed by atoms with Crippen LogP contribution in [-0.2, 0) is 9.59 Å². The standard InChI is InChI=1S/C10H11N3O3.C4H10.C2H6/c14-9(6-10(15)13-16)12-11-7-8-4-2-1-3-5-8;1-4(2)3;1-2/h1-5,7,16H,6H2,(H,12,14)(H,13,15);4H,1-3H3;1-2H3/b11-7+;;. The van der Waals surface area contributed by atoms with E-state index in [1.807, 2.05) is 44.2 Å². The highest BCUT2D eigenvalue weighted by molar-refractivity contribution is 5.96. The topological polar surface area (TPSA) is 90.8 Å². The summed E-state index contributed by atoms with van der Waals surface area (Å²) in [6.07, 6.45) is 0.984. The smallest absolute Gasteiger partial charge is 0.252 e. The molecule has 0 atom stereocenters. The number of carbonyl (C=O) groups is 2. The lowest BCUT2D eigenvalue weighted by atomic mass is 10.2. The maximum atomic E-state index is 11.0. The van der Waals surface area contributed by atoms with Crippen molar-refractivity contribution in [1.82, 2.24) is 10.9 Å². The molecule has 0 aromatic heterocycles. The van der Waals surface area contributed by atoms with Crippen molar-refractivity contribution in [2.24, 2.45) is 11.0 Å². The number of benzene rings is 1. The van der Waals surface area contributed by atoms with E-state index < -0.39 is 18.2 Å². The Bertz CT molecular complexity index is 429. The van der Waals surface area contributed by atoms with Gasteiger partial charge in [-0.2, -0.15) is 5.10 Å². The van der Waals surface area contributed by atoms with E-state index in [9.17, 15) is 9.59 Å². The molecule has 124 valence electrons. The van der Waals surface area contributed by atoms with Crippen molar-refractivity contribution in [3.05, 3.63) is 35.9 Å². The Morgan fingerprint density at radius 1 is 1.14 bits per heavy atom. The molecule has 0 unspecified atom stereocenters. The number of hydroxylamine groups is 1. The maximum absolute atomic E-state index is 11.0. The summed E-state index contributed by atoms with van der Waals surface area (Å²) < 4.78 is 0. The molecule has 0 aliphatic rings. The van der Waals surface area contributed by atoms with Crippen LogP contribution in [0.2, 0.25) is 0 Å². The van der Waals surface area contributed by atoms with Crippen LogP contribution in [-0.4, -0.2) is 23.2 Å². The van der Waals surface area contributed by atoms with Crippen LogP contribution >= 0.6 is 0 Å². The second-order valence-electron chi connectivity index (χ2n) is 4.65. The van der Waals surface area contributed by atoms with Crippen molar-refractivity contribution in [3.8, 4) is 0 Å². The van der Waals surface area contributed by atoms with E-state index >= 15 is 0 Å². The van der Waals surface area contributed by atoms with Crippen molar-refractivity contribution in [1.29, 1.82) is 0 Å². The van der Waals surface area contributed by atoms with Crippen LogP contribution in [0.25, 0.3) is 0 Å². The molecule has 0 aliphatic heterocycles. The number of carbonyl (C=O) groups excluding carboxylic acids is 2. The van der Waals surface area contributed by atoms with Gasteiger partial charge in [0.25, 0.3) is 5.91 Å². The molecule has 0 radical (unpaired) electrons. The van der Waals surface area contributed by atoms with E-state index in [1.54, 1.807) is 0 Å². The van der Waals surface area contributed by atoms with E-state index in [-0.39, 0.29) is 0 Å². The van der Waals surface area contributed by atoms with Crippen molar-refractivity contribution < 1.29 is 14.8 Å². The van der Waals surface area contributed by atoms with Crippen LogP contribution in [0.1, 0.15) is 46.6 Å². The van der Waals surface area contributed by atoms with Crippen molar-refractivity contribution in [2.45, 2.75) is 41.0 Å². The van der Waals surface area contributed by atoms with Gasteiger partial charge < -0.3 is 0 Å². The molecular weight excluding hydrogens is 282 g/mol. The first kappa shape index (κ1) is 22.1. The second kappa shape index (κ2) is 15.2. The molecule has 2 amide bonds. The minimum Gasteiger partial charge on any atom is -0.289 e. The fourth-order valence-corrected chi connectivity index (χ4v) is 0.943. The number of hydrogen-bond acceptors (Lipinski definition) is 4. The highest BCUT2D eigenvalue weighted by Crippen LogP contribution is 1.93. The highest BCUT2D eigenvalue weighted by atomic mass is 16.5. The molecule has 22 heavy (non-hydrogen) atoms. The van der Waals surface area contributed by atoms with E-state index in [4.69, 9.17) is 5.21 Å². The second-order valence-corrected chi connectivity index (χ2v) is 4.65. The van der Waals surface area contributed by atoms with Crippen molar-refractivity contribution in [3.63, 3.8) is 0 Å². The molecule has 0 fully saturated rings. The lowest BCUT2D eigenvalue weighted by Gasteiger charge is -1.97. The Kier molecular flexibility index (Phi) is 15.2. The fraction of sp³-hybridized carbons (Fsp3) is 0.438. The summed E-state index contributed by atoms with van der Waals surface area (Å²) in [4.78, 5) is 21.6. The Morgan fingerprint density at radius 3 is 2.09 bits per heavy atom. The number of amides is 2. The zero-order chi connectivity index (χ0) is 17.4. The van der Waals surface area contributed by atoms with Gasteiger partial charge in [-0.1, -0.05) is 65.0 Å². The first-order chi connectivity index (χ1) is 10.5. The predicted octanol–water partition coefficient (Wildman–Crippen LogP) is 2.72. The number of nitrogens with one attached hydrogen (secondary N) is 2.